The van der Waals surface area contributed by atoms with Crippen molar-refractivity contribution in [2.45, 2.75) is 45.3 Å². The third-order valence-electron chi connectivity index (χ3n) is 2.32. The molecule has 98 valence electrons. The summed E-state index contributed by atoms with van der Waals surface area (Å²) < 4.78 is 10.6. The number of ether oxygens (including phenoxy) is 2. The molecule has 1 rings (SSSR count). The van der Waals surface area contributed by atoms with Gasteiger partial charge in [-0.2, -0.15) is 0 Å². The SMILES string of the molecule is COC(=O)C(C1CC1)N(Cl)C(=O)OC(C)(C)C. The predicted octanol–water partition coefficient (Wildman–Crippen LogP) is 2.33. The van der Waals surface area contributed by atoms with Crippen LogP contribution in [0.25, 0.3) is 0 Å². The van der Waals surface area contributed by atoms with Gasteiger partial charge in [0.25, 0.3) is 0 Å². The molecule has 1 fully saturated rings. The molecular weight excluding hydrogens is 246 g/mol. The van der Waals surface area contributed by atoms with Gasteiger partial charge in [0.05, 0.1) is 7.11 Å². The van der Waals surface area contributed by atoms with Crippen molar-refractivity contribution in [1.82, 2.24) is 4.42 Å². The maximum Gasteiger partial charge on any atom is 0.425 e. The topological polar surface area (TPSA) is 55.8 Å². The fraction of sp³-hybridized carbons (Fsp3) is 0.818. The number of methoxy groups -OCH3 is 1. The van der Waals surface area contributed by atoms with Crippen LogP contribution in [0.1, 0.15) is 33.6 Å². The lowest BCUT2D eigenvalue weighted by molar-refractivity contribution is -0.145. The summed E-state index contributed by atoms with van der Waals surface area (Å²) in [5.41, 5.74) is -0.644. The number of nitrogens with zero attached hydrogens (tertiary/aromatic N) is 1. The van der Waals surface area contributed by atoms with Crippen molar-refractivity contribution in [3.05, 3.63) is 0 Å². The molecule has 0 aromatic rings. The second kappa shape index (κ2) is 5.12. The third kappa shape index (κ3) is 4.07. The van der Waals surface area contributed by atoms with Gasteiger partial charge in [0.15, 0.2) is 6.04 Å². The standard InChI is InChI=1S/C11H18ClNO4/c1-11(2,3)17-10(15)13(12)8(7-5-6-7)9(14)16-4/h7-8H,5-6H2,1-4H3. The Balaban J connectivity index is 2.67. The molecule has 1 unspecified atom stereocenters. The van der Waals surface area contributed by atoms with Crippen molar-refractivity contribution < 1.29 is 19.1 Å². The molecule has 1 saturated carbocycles. The summed E-state index contributed by atoms with van der Waals surface area (Å²) in [6.07, 6.45) is 1.01. The van der Waals surface area contributed by atoms with Gasteiger partial charge in [-0.3, -0.25) is 0 Å². The predicted molar refractivity (Wildman–Crippen MR) is 62.5 cm³/mol. The number of hydrogen-bond acceptors (Lipinski definition) is 4. The molecule has 5 nitrogen and oxygen atoms in total. The Bertz CT molecular complexity index is 309. The summed E-state index contributed by atoms with van der Waals surface area (Å²) in [6, 6.07) is -0.753. The van der Waals surface area contributed by atoms with Crippen LogP contribution in [0.2, 0.25) is 0 Å². The van der Waals surface area contributed by atoms with E-state index >= 15 is 0 Å². The molecule has 1 atom stereocenters. The van der Waals surface area contributed by atoms with E-state index in [0.717, 1.165) is 17.3 Å². The van der Waals surface area contributed by atoms with Crippen LogP contribution in [0.4, 0.5) is 4.79 Å². The van der Waals surface area contributed by atoms with Gasteiger partial charge < -0.3 is 9.47 Å². The van der Waals surface area contributed by atoms with Crippen LogP contribution >= 0.6 is 11.8 Å². The summed E-state index contributed by atoms with van der Waals surface area (Å²) >= 11 is 5.87. The van der Waals surface area contributed by atoms with Crippen LogP contribution in [0.5, 0.6) is 0 Å². The van der Waals surface area contributed by atoms with Crippen LogP contribution in [0, 0.1) is 5.92 Å². The van der Waals surface area contributed by atoms with E-state index in [-0.39, 0.29) is 5.92 Å². The average Bonchev–Trinajstić information content (AvgIpc) is 2.99. The molecule has 6 heteroatoms. The molecule has 0 spiro atoms. The molecule has 0 radical (unpaired) electrons. The fourth-order valence-corrected chi connectivity index (χ4v) is 1.70. The van der Waals surface area contributed by atoms with E-state index < -0.39 is 23.7 Å². The molecule has 1 aliphatic rings. The lowest BCUT2D eigenvalue weighted by Crippen LogP contribution is -2.43. The molecule has 0 heterocycles. The summed E-state index contributed by atoms with van der Waals surface area (Å²) in [5, 5.41) is 0. The fourth-order valence-electron chi connectivity index (χ4n) is 1.42. The number of hydrogen-bond donors (Lipinski definition) is 0. The zero-order valence-electron chi connectivity index (χ0n) is 10.5. The van der Waals surface area contributed by atoms with Crippen molar-refractivity contribution in [3.63, 3.8) is 0 Å². The number of esters is 1. The van der Waals surface area contributed by atoms with Crippen LogP contribution in [-0.2, 0) is 14.3 Å². The van der Waals surface area contributed by atoms with Crippen LogP contribution in [0.3, 0.4) is 0 Å². The van der Waals surface area contributed by atoms with Gasteiger partial charge in [-0.1, -0.05) is 0 Å². The van der Waals surface area contributed by atoms with Crippen molar-refractivity contribution in [1.29, 1.82) is 0 Å². The highest BCUT2D eigenvalue weighted by atomic mass is 35.5. The number of rotatable bonds is 3. The summed E-state index contributed by atoms with van der Waals surface area (Å²) in [5.74, 6) is -0.430. The molecule has 0 aromatic carbocycles. The number of carbonyl (C=O) groups is 2. The van der Waals surface area contributed by atoms with E-state index in [0.29, 0.717) is 0 Å². The van der Waals surface area contributed by atoms with Gasteiger partial charge in [-0.15, -0.1) is 0 Å². The van der Waals surface area contributed by atoms with E-state index in [2.05, 4.69) is 4.74 Å². The zero-order valence-corrected chi connectivity index (χ0v) is 11.3. The maximum absolute atomic E-state index is 11.7. The highest BCUT2D eigenvalue weighted by Crippen LogP contribution is 2.37. The Morgan fingerprint density at radius 1 is 1.35 bits per heavy atom. The largest absolute Gasteiger partial charge is 0.467 e. The summed E-state index contributed by atoms with van der Waals surface area (Å²) in [6.45, 7) is 5.21. The van der Waals surface area contributed by atoms with Crippen LogP contribution < -0.4 is 0 Å². The molecule has 0 N–H and O–H groups in total. The molecule has 0 aliphatic heterocycles. The minimum atomic E-state index is -0.753. The Kier molecular flexibility index (Phi) is 4.25. The van der Waals surface area contributed by atoms with Crippen molar-refractivity contribution in [2.75, 3.05) is 7.11 Å². The third-order valence-corrected chi connectivity index (χ3v) is 2.67. The van der Waals surface area contributed by atoms with Crippen molar-refractivity contribution >= 4 is 23.8 Å². The van der Waals surface area contributed by atoms with Gasteiger partial charge >= 0.3 is 12.1 Å². The van der Waals surface area contributed by atoms with Crippen molar-refractivity contribution in [2.24, 2.45) is 5.92 Å². The van der Waals surface area contributed by atoms with E-state index in [1.807, 2.05) is 0 Å². The minimum Gasteiger partial charge on any atom is -0.467 e. The molecule has 1 amide bonds. The minimum absolute atomic E-state index is 0.0764. The van der Waals surface area contributed by atoms with Gasteiger partial charge in [0.1, 0.15) is 5.60 Å². The highest BCUT2D eigenvalue weighted by molar-refractivity contribution is 6.21. The zero-order chi connectivity index (χ0) is 13.2. The first-order valence-electron chi connectivity index (χ1n) is 5.52. The Hall–Kier alpha value is -0.970. The molecule has 0 saturated heterocycles. The number of halogens is 1. The molecule has 1 aliphatic carbocycles. The molecule has 0 aromatic heterocycles. The lowest BCUT2D eigenvalue weighted by Gasteiger charge is -2.26. The number of amides is 1. The molecular formula is C11H18ClNO4. The van der Waals surface area contributed by atoms with Crippen LogP contribution in [-0.4, -0.2) is 35.2 Å². The second-order valence-electron chi connectivity index (χ2n) is 5.10. The van der Waals surface area contributed by atoms with E-state index in [9.17, 15) is 9.59 Å². The van der Waals surface area contributed by atoms with E-state index in [1.54, 1.807) is 20.8 Å². The number of carbonyl (C=O) groups excluding carboxylic acids is 2. The normalized spacial score (nSPS) is 17.2. The van der Waals surface area contributed by atoms with Gasteiger partial charge in [-0.05, 0) is 39.5 Å². The van der Waals surface area contributed by atoms with Crippen LogP contribution in [0.15, 0.2) is 0 Å². The monoisotopic (exact) mass is 263 g/mol. The first-order valence-corrected chi connectivity index (χ1v) is 5.86. The Morgan fingerprint density at radius 3 is 2.24 bits per heavy atom. The van der Waals surface area contributed by atoms with Crippen molar-refractivity contribution in [3.8, 4) is 0 Å². The second-order valence-corrected chi connectivity index (χ2v) is 5.46. The maximum atomic E-state index is 11.7. The van der Waals surface area contributed by atoms with Gasteiger partial charge in [0.2, 0.25) is 0 Å². The average molecular weight is 264 g/mol. The molecule has 0 bridgehead atoms. The molecule has 17 heavy (non-hydrogen) atoms. The lowest BCUT2D eigenvalue weighted by atomic mass is 10.2. The first kappa shape index (κ1) is 14.1. The quantitative estimate of drug-likeness (QED) is 0.579. The van der Waals surface area contributed by atoms with E-state index in [1.165, 1.54) is 7.11 Å². The summed E-state index contributed by atoms with van der Waals surface area (Å²) in [7, 11) is 1.28. The highest BCUT2D eigenvalue weighted by Gasteiger charge is 2.44. The first-order chi connectivity index (χ1) is 7.76. The van der Waals surface area contributed by atoms with Gasteiger partial charge in [-0.25, -0.2) is 14.0 Å². The Morgan fingerprint density at radius 2 is 1.88 bits per heavy atom. The smallest absolute Gasteiger partial charge is 0.425 e. The van der Waals surface area contributed by atoms with E-state index in [4.69, 9.17) is 16.5 Å². The Labute approximate surface area is 106 Å². The van der Waals surface area contributed by atoms with Gasteiger partial charge in [0, 0.05) is 11.8 Å². The summed E-state index contributed by atoms with van der Waals surface area (Å²) in [4.78, 5) is 23.3.